The standard InChI is InChI=1S/C9H9NO3/c1-2-13-9(12)8-5-10-4-3-7(8)6-11/h3-6H,2H2,1H3. The fourth-order valence-corrected chi connectivity index (χ4v) is 0.887. The van der Waals surface area contributed by atoms with Crippen LogP contribution >= 0.6 is 0 Å². The first-order valence-corrected chi connectivity index (χ1v) is 3.86. The zero-order valence-electron chi connectivity index (χ0n) is 7.19. The maximum Gasteiger partial charge on any atom is 0.340 e. The van der Waals surface area contributed by atoms with E-state index in [4.69, 9.17) is 4.74 Å². The van der Waals surface area contributed by atoms with Crippen molar-refractivity contribution in [1.82, 2.24) is 4.98 Å². The normalized spacial score (nSPS) is 9.31. The molecule has 1 rings (SSSR count). The molecule has 0 aromatic carbocycles. The first-order chi connectivity index (χ1) is 6.29. The number of rotatable bonds is 3. The van der Waals surface area contributed by atoms with Gasteiger partial charge in [-0.05, 0) is 13.0 Å². The van der Waals surface area contributed by atoms with Crippen molar-refractivity contribution in [3.8, 4) is 0 Å². The van der Waals surface area contributed by atoms with Gasteiger partial charge in [-0.15, -0.1) is 0 Å². The van der Waals surface area contributed by atoms with Crippen LogP contribution in [0, 0.1) is 0 Å². The fourth-order valence-electron chi connectivity index (χ4n) is 0.887. The van der Waals surface area contributed by atoms with Crippen LogP contribution in [0.2, 0.25) is 0 Å². The number of nitrogens with zero attached hydrogens (tertiary/aromatic N) is 1. The highest BCUT2D eigenvalue weighted by Gasteiger charge is 2.10. The van der Waals surface area contributed by atoms with E-state index in [0.29, 0.717) is 11.8 Å². The highest BCUT2D eigenvalue weighted by atomic mass is 16.5. The monoisotopic (exact) mass is 179 g/mol. The van der Waals surface area contributed by atoms with Crippen LogP contribution in [0.25, 0.3) is 0 Å². The summed E-state index contributed by atoms with van der Waals surface area (Å²) in [6.45, 7) is 1.99. The van der Waals surface area contributed by atoms with Crippen LogP contribution in [0.5, 0.6) is 0 Å². The molecular formula is C9H9NO3. The molecule has 4 nitrogen and oxygen atoms in total. The van der Waals surface area contributed by atoms with Crippen molar-refractivity contribution in [2.75, 3.05) is 6.61 Å². The molecule has 13 heavy (non-hydrogen) atoms. The average molecular weight is 179 g/mol. The minimum atomic E-state index is -0.516. The number of hydrogen-bond donors (Lipinski definition) is 0. The number of aldehydes is 1. The quantitative estimate of drug-likeness (QED) is 0.514. The molecule has 0 N–H and O–H groups in total. The first kappa shape index (κ1) is 9.38. The lowest BCUT2D eigenvalue weighted by molar-refractivity contribution is 0.0523. The smallest absolute Gasteiger partial charge is 0.340 e. The maximum absolute atomic E-state index is 11.2. The lowest BCUT2D eigenvalue weighted by atomic mass is 10.1. The van der Waals surface area contributed by atoms with Crippen LogP contribution in [0.4, 0.5) is 0 Å². The lowest BCUT2D eigenvalue weighted by Gasteiger charge is -2.02. The Labute approximate surface area is 75.5 Å². The van der Waals surface area contributed by atoms with Crippen molar-refractivity contribution in [3.63, 3.8) is 0 Å². The van der Waals surface area contributed by atoms with Crippen molar-refractivity contribution in [1.29, 1.82) is 0 Å². The molecule has 0 spiro atoms. The Morgan fingerprint density at radius 1 is 1.69 bits per heavy atom. The Kier molecular flexibility index (Phi) is 3.14. The third kappa shape index (κ3) is 2.11. The minimum absolute atomic E-state index is 0.208. The van der Waals surface area contributed by atoms with Crippen LogP contribution in [0.1, 0.15) is 27.6 Å². The largest absolute Gasteiger partial charge is 0.462 e. The molecule has 68 valence electrons. The van der Waals surface area contributed by atoms with E-state index in [0.717, 1.165) is 0 Å². The van der Waals surface area contributed by atoms with Crippen LogP contribution in [-0.4, -0.2) is 23.8 Å². The van der Waals surface area contributed by atoms with Gasteiger partial charge in [-0.3, -0.25) is 9.78 Å². The third-order valence-electron chi connectivity index (χ3n) is 1.48. The van der Waals surface area contributed by atoms with Crippen molar-refractivity contribution < 1.29 is 14.3 Å². The van der Waals surface area contributed by atoms with Gasteiger partial charge in [0.25, 0.3) is 0 Å². The number of pyridine rings is 1. The van der Waals surface area contributed by atoms with E-state index < -0.39 is 5.97 Å². The van der Waals surface area contributed by atoms with E-state index >= 15 is 0 Å². The topological polar surface area (TPSA) is 56.3 Å². The Morgan fingerprint density at radius 2 is 2.46 bits per heavy atom. The summed E-state index contributed by atoms with van der Waals surface area (Å²) >= 11 is 0. The van der Waals surface area contributed by atoms with Crippen molar-refractivity contribution in [2.24, 2.45) is 0 Å². The van der Waals surface area contributed by atoms with E-state index in [2.05, 4.69) is 4.98 Å². The van der Waals surface area contributed by atoms with Gasteiger partial charge in [0.05, 0.1) is 12.2 Å². The van der Waals surface area contributed by atoms with E-state index in [9.17, 15) is 9.59 Å². The molecule has 0 saturated carbocycles. The predicted molar refractivity (Wildman–Crippen MR) is 45.6 cm³/mol. The lowest BCUT2D eigenvalue weighted by Crippen LogP contribution is -2.08. The molecule has 0 saturated heterocycles. The second kappa shape index (κ2) is 4.35. The molecule has 0 unspecified atom stereocenters. The molecule has 0 aliphatic carbocycles. The van der Waals surface area contributed by atoms with Crippen LogP contribution < -0.4 is 0 Å². The van der Waals surface area contributed by atoms with Gasteiger partial charge in [-0.2, -0.15) is 0 Å². The van der Waals surface area contributed by atoms with Gasteiger partial charge in [0, 0.05) is 18.0 Å². The van der Waals surface area contributed by atoms with E-state index in [1.807, 2.05) is 0 Å². The van der Waals surface area contributed by atoms with Gasteiger partial charge >= 0.3 is 5.97 Å². The maximum atomic E-state index is 11.2. The van der Waals surface area contributed by atoms with Gasteiger partial charge in [-0.25, -0.2) is 4.79 Å². The molecular weight excluding hydrogens is 170 g/mol. The molecule has 4 heteroatoms. The summed E-state index contributed by atoms with van der Waals surface area (Å²) in [5.41, 5.74) is 0.507. The predicted octanol–water partition coefficient (Wildman–Crippen LogP) is 1.07. The number of aromatic nitrogens is 1. The van der Waals surface area contributed by atoms with E-state index in [1.165, 1.54) is 18.5 Å². The molecule has 1 heterocycles. The van der Waals surface area contributed by atoms with Crippen molar-refractivity contribution in [3.05, 3.63) is 29.6 Å². The van der Waals surface area contributed by atoms with Crippen LogP contribution in [0.3, 0.4) is 0 Å². The molecule has 1 aromatic heterocycles. The number of ether oxygens (including phenoxy) is 1. The van der Waals surface area contributed by atoms with Gasteiger partial charge in [0.1, 0.15) is 0 Å². The van der Waals surface area contributed by atoms with Crippen molar-refractivity contribution >= 4 is 12.3 Å². The summed E-state index contributed by atoms with van der Waals surface area (Å²) in [6.07, 6.45) is 3.38. The van der Waals surface area contributed by atoms with Gasteiger partial charge < -0.3 is 4.74 Å². The summed E-state index contributed by atoms with van der Waals surface area (Å²) in [4.78, 5) is 25.4. The van der Waals surface area contributed by atoms with Crippen molar-refractivity contribution in [2.45, 2.75) is 6.92 Å². The molecule has 0 amide bonds. The van der Waals surface area contributed by atoms with Crippen LogP contribution in [0.15, 0.2) is 18.5 Å². The highest BCUT2D eigenvalue weighted by molar-refractivity contribution is 5.97. The molecule has 0 aliphatic heterocycles. The molecule has 1 aromatic rings. The molecule has 0 radical (unpaired) electrons. The highest BCUT2D eigenvalue weighted by Crippen LogP contribution is 2.05. The number of carbonyl (C=O) groups is 2. The number of esters is 1. The first-order valence-electron chi connectivity index (χ1n) is 3.86. The number of hydrogen-bond acceptors (Lipinski definition) is 4. The number of carbonyl (C=O) groups excluding carboxylic acids is 2. The van der Waals surface area contributed by atoms with Gasteiger partial charge in [0.15, 0.2) is 6.29 Å². The summed E-state index contributed by atoms with van der Waals surface area (Å²) < 4.78 is 4.73. The summed E-state index contributed by atoms with van der Waals surface area (Å²) in [5.74, 6) is -0.516. The Morgan fingerprint density at radius 3 is 3.08 bits per heavy atom. The average Bonchev–Trinajstić information content (AvgIpc) is 2.18. The molecule has 0 fully saturated rings. The van der Waals surface area contributed by atoms with Crippen LogP contribution in [-0.2, 0) is 4.74 Å². The summed E-state index contributed by atoms with van der Waals surface area (Å²) in [6, 6.07) is 1.47. The third-order valence-corrected chi connectivity index (χ3v) is 1.48. The summed E-state index contributed by atoms with van der Waals surface area (Å²) in [5, 5.41) is 0. The molecule has 0 atom stereocenters. The van der Waals surface area contributed by atoms with Gasteiger partial charge in [-0.1, -0.05) is 0 Å². The Balaban J connectivity index is 2.98. The SMILES string of the molecule is CCOC(=O)c1cnccc1C=O. The zero-order valence-corrected chi connectivity index (χ0v) is 7.19. The molecule has 0 bridgehead atoms. The molecule has 0 aliphatic rings. The Hall–Kier alpha value is -1.71. The fraction of sp³-hybridized carbons (Fsp3) is 0.222. The second-order valence-electron chi connectivity index (χ2n) is 2.30. The van der Waals surface area contributed by atoms with E-state index in [-0.39, 0.29) is 12.2 Å². The van der Waals surface area contributed by atoms with Gasteiger partial charge in [0.2, 0.25) is 0 Å². The Bertz CT molecular complexity index is 322. The summed E-state index contributed by atoms with van der Waals surface area (Å²) in [7, 11) is 0. The minimum Gasteiger partial charge on any atom is -0.462 e. The second-order valence-corrected chi connectivity index (χ2v) is 2.30. The van der Waals surface area contributed by atoms with E-state index in [1.54, 1.807) is 6.92 Å². The zero-order chi connectivity index (χ0) is 9.68.